The predicted octanol–water partition coefficient (Wildman–Crippen LogP) is -0.319. The third kappa shape index (κ3) is 5.42. The number of hydrogen-bond donors (Lipinski definition) is 4. The van der Waals surface area contributed by atoms with Gasteiger partial charge in [0.05, 0.1) is 12.2 Å². The third-order valence-corrected chi connectivity index (χ3v) is 1.57. The Balaban J connectivity index is 0. The summed E-state index contributed by atoms with van der Waals surface area (Å²) in [7, 11) is 0. The van der Waals surface area contributed by atoms with Crippen molar-refractivity contribution in [3.63, 3.8) is 0 Å². The minimum atomic E-state index is -0.740. The van der Waals surface area contributed by atoms with E-state index < -0.39 is 12.2 Å². The Morgan fingerprint density at radius 1 is 1.00 bits per heavy atom. The number of aliphatic hydroxyl groups excluding tert-OH is 2. The van der Waals surface area contributed by atoms with Crippen LogP contribution < -0.4 is 0 Å². The molecule has 0 saturated heterocycles. The van der Waals surface area contributed by atoms with Crippen LogP contribution in [0.5, 0.6) is 0 Å². The van der Waals surface area contributed by atoms with Gasteiger partial charge in [-0.3, -0.25) is 0 Å². The second kappa shape index (κ2) is 7.08. The molecule has 0 amide bonds. The highest BCUT2D eigenvalue weighted by molar-refractivity contribution is 7.80. The molecule has 0 rings (SSSR count). The van der Waals surface area contributed by atoms with Gasteiger partial charge in [-0.1, -0.05) is 0 Å². The fourth-order valence-electron chi connectivity index (χ4n) is 0.243. The molecule has 2 N–H and O–H groups in total. The van der Waals surface area contributed by atoms with Crippen molar-refractivity contribution in [1.82, 2.24) is 0 Å². The zero-order chi connectivity index (χ0) is 6.57. The summed E-state index contributed by atoms with van der Waals surface area (Å²) in [4.78, 5) is 0. The van der Waals surface area contributed by atoms with Crippen molar-refractivity contribution in [3.05, 3.63) is 0 Å². The monoisotopic (exact) mass is 188 g/mol. The average Bonchev–Trinajstić information content (AvgIpc) is 1.84. The summed E-state index contributed by atoms with van der Waals surface area (Å²) in [5.74, 6) is 0.559. The number of thiol groups is 2. The van der Waals surface area contributed by atoms with Crippen molar-refractivity contribution in [2.24, 2.45) is 0 Å². The minimum Gasteiger partial charge on any atom is -0.390 e. The van der Waals surface area contributed by atoms with Crippen LogP contribution in [0.1, 0.15) is 0 Å². The van der Waals surface area contributed by atoms with Crippen LogP contribution in [0, 0.1) is 0 Å². The van der Waals surface area contributed by atoms with E-state index in [1.807, 2.05) is 0 Å². The van der Waals surface area contributed by atoms with Gasteiger partial charge in [0.1, 0.15) is 0 Å². The maximum Gasteiger partial charge on any atom is 0.0894 e. The fraction of sp³-hybridized carbons (Fsp3) is 1.00. The molecule has 0 heterocycles. The van der Waals surface area contributed by atoms with E-state index in [1.54, 1.807) is 0 Å². The van der Waals surface area contributed by atoms with Gasteiger partial charge >= 0.3 is 0 Å². The van der Waals surface area contributed by atoms with Gasteiger partial charge in [0.15, 0.2) is 0 Å². The Bertz CT molecular complexity index is 53.8. The smallest absolute Gasteiger partial charge is 0.0894 e. The predicted molar refractivity (Wildman–Crippen MR) is 50.1 cm³/mol. The standard InChI is InChI=1S/C4H10O2S2.H2S/c5-3(1-7)4(6)2-8;/h3-8H,1-2H2;1H2/t3-,4-;/m1./s1. The molecule has 0 bridgehead atoms. The first-order valence-electron chi connectivity index (χ1n) is 2.30. The molecular weight excluding hydrogens is 176 g/mol. The summed E-state index contributed by atoms with van der Waals surface area (Å²) >= 11 is 7.53. The molecule has 0 aromatic rings. The zero-order valence-corrected chi connectivity index (χ0v) is 7.65. The topological polar surface area (TPSA) is 40.5 Å². The Morgan fingerprint density at radius 2 is 1.22 bits per heavy atom. The van der Waals surface area contributed by atoms with Crippen molar-refractivity contribution in [3.8, 4) is 0 Å². The first-order chi connectivity index (χ1) is 3.72. The van der Waals surface area contributed by atoms with Crippen LogP contribution in [0.25, 0.3) is 0 Å². The van der Waals surface area contributed by atoms with Crippen LogP contribution in [0.2, 0.25) is 0 Å². The number of hydrogen-bond acceptors (Lipinski definition) is 4. The molecule has 0 radical (unpaired) electrons. The second-order valence-electron chi connectivity index (χ2n) is 1.50. The lowest BCUT2D eigenvalue weighted by molar-refractivity contribution is 0.0504. The molecule has 0 aromatic carbocycles. The second-order valence-corrected chi connectivity index (χ2v) is 2.23. The molecule has 0 saturated carbocycles. The lowest BCUT2D eigenvalue weighted by atomic mass is 10.3. The highest BCUT2D eigenvalue weighted by Gasteiger charge is 2.10. The average molecular weight is 188 g/mol. The largest absolute Gasteiger partial charge is 0.390 e. The van der Waals surface area contributed by atoms with E-state index in [0.29, 0.717) is 0 Å². The summed E-state index contributed by atoms with van der Waals surface area (Å²) in [5.41, 5.74) is 0. The van der Waals surface area contributed by atoms with E-state index in [0.717, 1.165) is 0 Å². The van der Waals surface area contributed by atoms with E-state index in [-0.39, 0.29) is 25.0 Å². The molecular formula is C4H12O2S3. The normalized spacial score (nSPS) is 16.0. The highest BCUT2D eigenvalue weighted by atomic mass is 32.1. The van der Waals surface area contributed by atoms with E-state index in [9.17, 15) is 0 Å². The van der Waals surface area contributed by atoms with Crippen LogP contribution >= 0.6 is 38.8 Å². The molecule has 0 aliphatic rings. The van der Waals surface area contributed by atoms with Gasteiger partial charge in [-0.2, -0.15) is 38.8 Å². The quantitative estimate of drug-likeness (QED) is 0.459. The van der Waals surface area contributed by atoms with E-state index in [4.69, 9.17) is 10.2 Å². The summed E-state index contributed by atoms with van der Waals surface area (Å²) in [5, 5.41) is 17.5. The first-order valence-corrected chi connectivity index (χ1v) is 3.56. The van der Waals surface area contributed by atoms with Gasteiger partial charge in [0.25, 0.3) is 0 Å². The van der Waals surface area contributed by atoms with E-state index in [2.05, 4.69) is 25.3 Å². The van der Waals surface area contributed by atoms with Crippen LogP contribution in [-0.4, -0.2) is 33.9 Å². The molecule has 0 unspecified atom stereocenters. The van der Waals surface area contributed by atoms with Gasteiger partial charge in [-0.25, -0.2) is 0 Å². The molecule has 0 aliphatic carbocycles. The van der Waals surface area contributed by atoms with Crippen LogP contribution in [0.15, 0.2) is 0 Å². The van der Waals surface area contributed by atoms with Gasteiger partial charge in [-0.15, -0.1) is 0 Å². The van der Waals surface area contributed by atoms with E-state index in [1.165, 1.54) is 0 Å². The van der Waals surface area contributed by atoms with Crippen molar-refractivity contribution >= 4 is 38.8 Å². The summed E-state index contributed by atoms with van der Waals surface area (Å²) in [6.45, 7) is 0. The minimum absolute atomic E-state index is 0. The molecule has 0 aliphatic heterocycles. The molecule has 5 heteroatoms. The highest BCUT2D eigenvalue weighted by Crippen LogP contribution is 1.96. The lowest BCUT2D eigenvalue weighted by Crippen LogP contribution is -2.28. The van der Waals surface area contributed by atoms with Gasteiger partial charge < -0.3 is 10.2 Å². The van der Waals surface area contributed by atoms with E-state index >= 15 is 0 Å². The fourth-order valence-corrected chi connectivity index (χ4v) is 0.730. The molecule has 0 fully saturated rings. The summed E-state index contributed by atoms with van der Waals surface area (Å²) in [6.07, 6.45) is -1.48. The van der Waals surface area contributed by atoms with Crippen LogP contribution in [0.4, 0.5) is 0 Å². The number of rotatable bonds is 3. The SMILES string of the molecule is O[C@H](CS)[C@H](O)CS.S. The van der Waals surface area contributed by atoms with Crippen molar-refractivity contribution < 1.29 is 10.2 Å². The Morgan fingerprint density at radius 3 is 1.33 bits per heavy atom. The molecule has 2 nitrogen and oxygen atoms in total. The first kappa shape index (κ1) is 12.6. The lowest BCUT2D eigenvalue weighted by Gasteiger charge is -2.11. The van der Waals surface area contributed by atoms with Crippen molar-refractivity contribution in [2.45, 2.75) is 12.2 Å². The van der Waals surface area contributed by atoms with Crippen LogP contribution in [0.3, 0.4) is 0 Å². The van der Waals surface area contributed by atoms with Crippen molar-refractivity contribution in [2.75, 3.05) is 11.5 Å². The maximum atomic E-state index is 8.75. The zero-order valence-electron chi connectivity index (χ0n) is 4.86. The molecule has 58 valence electrons. The van der Waals surface area contributed by atoms with Gasteiger partial charge in [0, 0.05) is 11.5 Å². The summed E-state index contributed by atoms with van der Waals surface area (Å²) in [6, 6.07) is 0. The Hall–Kier alpha value is 0.970. The maximum absolute atomic E-state index is 8.75. The number of aliphatic hydroxyl groups is 2. The molecule has 0 aromatic heterocycles. The Labute approximate surface area is 72.9 Å². The third-order valence-electron chi connectivity index (χ3n) is 0.818. The van der Waals surface area contributed by atoms with Crippen LogP contribution in [-0.2, 0) is 0 Å². The molecule has 0 spiro atoms. The Kier molecular flexibility index (Phi) is 9.94. The molecule has 9 heavy (non-hydrogen) atoms. The molecule has 2 atom stereocenters. The van der Waals surface area contributed by atoms with Gasteiger partial charge in [-0.05, 0) is 0 Å². The van der Waals surface area contributed by atoms with Gasteiger partial charge in [0.2, 0.25) is 0 Å². The summed E-state index contributed by atoms with van der Waals surface area (Å²) < 4.78 is 0. The van der Waals surface area contributed by atoms with Crippen molar-refractivity contribution in [1.29, 1.82) is 0 Å².